The normalized spacial score (nSPS) is 12.8. The van der Waals surface area contributed by atoms with Gasteiger partial charge in [0.1, 0.15) is 21.5 Å². The Morgan fingerprint density at radius 3 is 2.34 bits per heavy atom. The van der Waals surface area contributed by atoms with E-state index in [4.69, 9.17) is 4.74 Å². The topological polar surface area (TPSA) is 75.9 Å². The lowest BCUT2D eigenvalue weighted by molar-refractivity contribution is -0.146. The van der Waals surface area contributed by atoms with Gasteiger partial charge in [-0.05, 0) is 27.7 Å². The van der Waals surface area contributed by atoms with Crippen molar-refractivity contribution < 1.29 is 22.7 Å². The van der Waals surface area contributed by atoms with Gasteiger partial charge in [-0.3, -0.25) is 4.79 Å². The first-order valence-electron chi connectivity index (χ1n) is 9.34. The van der Waals surface area contributed by atoms with Crippen LogP contribution in [0, 0.1) is 23.7 Å². The van der Waals surface area contributed by atoms with Gasteiger partial charge in [0, 0.05) is 10.9 Å². The molecule has 2 heterocycles. The third kappa shape index (κ3) is 5.06. The number of allylic oxidation sites excluding steroid dienone is 1. The molecule has 0 fully saturated rings. The van der Waals surface area contributed by atoms with Crippen molar-refractivity contribution in [1.29, 1.82) is 5.26 Å². The van der Waals surface area contributed by atoms with E-state index in [2.05, 4.69) is 9.97 Å². The average Bonchev–Trinajstić information content (AvgIpc) is 3.34. The van der Waals surface area contributed by atoms with Gasteiger partial charge in [0.05, 0.1) is 16.1 Å². The lowest BCUT2D eigenvalue weighted by Crippen LogP contribution is -2.23. The number of halogens is 3. The first kappa shape index (κ1) is 23.6. The van der Waals surface area contributed by atoms with Crippen molar-refractivity contribution in [2.75, 3.05) is 0 Å². The van der Waals surface area contributed by atoms with Gasteiger partial charge in [0.25, 0.3) is 0 Å². The second-order valence-electron chi connectivity index (χ2n) is 7.77. The van der Waals surface area contributed by atoms with Crippen molar-refractivity contribution in [3.8, 4) is 16.6 Å². The van der Waals surface area contributed by atoms with Crippen LogP contribution in [0.4, 0.5) is 13.2 Å². The Kier molecular flexibility index (Phi) is 6.53. The fourth-order valence-electron chi connectivity index (χ4n) is 2.56. The zero-order valence-electron chi connectivity index (χ0n) is 17.6. The molecular weight excluding hydrogens is 459 g/mol. The molecule has 0 saturated heterocycles. The molecule has 0 bridgehead atoms. The summed E-state index contributed by atoms with van der Waals surface area (Å²) in [7, 11) is 0. The summed E-state index contributed by atoms with van der Waals surface area (Å²) in [4.78, 5) is 20.2. The smallest absolute Gasteiger partial charge is 0.423 e. The second kappa shape index (κ2) is 8.84. The molecular formula is C22H18F3N3O2S2. The van der Waals surface area contributed by atoms with Crippen LogP contribution < -0.4 is 0 Å². The van der Waals surface area contributed by atoms with Gasteiger partial charge in [-0.2, -0.15) is 18.4 Å². The number of carbonyl (C=O) groups excluding carboxylic acids is 1. The summed E-state index contributed by atoms with van der Waals surface area (Å²) in [5.41, 5.74) is -1.58. The number of rotatable bonds is 4. The summed E-state index contributed by atoms with van der Waals surface area (Å²) < 4.78 is 46.4. The summed E-state index contributed by atoms with van der Waals surface area (Å²) in [5, 5.41) is 12.1. The first-order chi connectivity index (χ1) is 14.9. The van der Waals surface area contributed by atoms with E-state index in [-0.39, 0.29) is 16.3 Å². The van der Waals surface area contributed by atoms with Crippen LogP contribution in [0.1, 0.15) is 42.0 Å². The predicted octanol–water partition coefficient (Wildman–Crippen LogP) is 6.58. The standard InChI is InChI=1S/C22H18F3N3O2S2/c1-12-27-18(22(23,24)25)17(32-12)16(30-20(29)21(2,3)4)14(10-26)15-11-31-19(28-15)13-8-6-5-7-9-13/h5-9,11H,1-4H3/b16-14+. The Labute approximate surface area is 190 Å². The molecule has 2 aromatic heterocycles. The number of nitriles is 1. The van der Waals surface area contributed by atoms with Gasteiger partial charge in [-0.1, -0.05) is 30.3 Å². The molecule has 0 aliphatic rings. The number of nitrogens with zero attached hydrogens (tertiary/aromatic N) is 3. The lowest BCUT2D eigenvalue weighted by atomic mass is 9.97. The number of hydrogen-bond donors (Lipinski definition) is 0. The van der Waals surface area contributed by atoms with Crippen molar-refractivity contribution in [2.24, 2.45) is 5.41 Å². The van der Waals surface area contributed by atoms with E-state index in [1.165, 1.54) is 18.3 Å². The molecule has 1 aromatic carbocycles. The summed E-state index contributed by atoms with van der Waals surface area (Å²) in [5.74, 6) is -1.27. The van der Waals surface area contributed by atoms with Gasteiger partial charge in [-0.15, -0.1) is 22.7 Å². The Bertz CT molecular complexity index is 1210. The molecule has 0 aliphatic heterocycles. The molecule has 3 rings (SSSR count). The molecule has 0 amide bonds. The van der Waals surface area contributed by atoms with Crippen LogP contribution in [-0.4, -0.2) is 15.9 Å². The van der Waals surface area contributed by atoms with Gasteiger partial charge >= 0.3 is 12.1 Å². The maximum absolute atomic E-state index is 13.7. The van der Waals surface area contributed by atoms with E-state index in [9.17, 15) is 23.2 Å². The molecule has 32 heavy (non-hydrogen) atoms. The second-order valence-corrected chi connectivity index (χ2v) is 9.83. The molecule has 10 heteroatoms. The van der Waals surface area contributed by atoms with Crippen LogP contribution in [0.3, 0.4) is 0 Å². The van der Waals surface area contributed by atoms with E-state index in [0.29, 0.717) is 16.3 Å². The van der Waals surface area contributed by atoms with Crippen molar-refractivity contribution in [2.45, 2.75) is 33.9 Å². The highest BCUT2D eigenvalue weighted by molar-refractivity contribution is 7.13. The number of benzene rings is 1. The molecule has 0 N–H and O–H groups in total. The third-order valence-corrected chi connectivity index (χ3v) is 6.00. The highest BCUT2D eigenvalue weighted by atomic mass is 32.1. The minimum Gasteiger partial charge on any atom is -0.423 e. The molecule has 3 aromatic rings. The molecule has 5 nitrogen and oxygen atoms in total. The van der Waals surface area contributed by atoms with E-state index in [0.717, 1.165) is 5.56 Å². The molecule has 0 saturated carbocycles. The number of alkyl halides is 3. The van der Waals surface area contributed by atoms with Crippen LogP contribution >= 0.6 is 22.7 Å². The molecule has 0 spiro atoms. The van der Waals surface area contributed by atoms with E-state index < -0.39 is 33.9 Å². The number of hydrogen-bond acceptors (Lipinski definition) is 7. The molecule has 0 aliphatic carbocycles. The zero-order valence-corrected chi connectivity index (χ0v) is 19.2. The van der Waals surface area contributed by atoms with Crippen molar-refractivity contribution in [1.82, 2.24) is 9.97 Å². The summed E-state index contributed by atoms with van der Waals surface area (Å²) in [6, 6.07) is 11.0. The summed E-state index contributed by atoms with van der Waals surface area (Å²) in [6.07, 6.45) is -4.79. The number of esters is 1. The highest BCUT2D eigenvalue weighted by Gasteiger charge is 2.40. The quantitative estimate of drug-likeness (QED) is 0.241. The average molecular weight is 478 g/mol. The van der Waals surface area contributed by atoms with Crippen LogP contribution in [0.5, 0.6) is 0 Å². The zero-order chi connectivity index (χ0) is 23.7. The van der Waals surface area contributed by atoms with E-state index in [1.54, 1.807) is 26.2 Å². The number of aryl methyl sites for hydroxylation is 1. The van der Waals surface area contributed by atoms with Crippen molar-refractivity contribution in [3.63, 3.8) is 0 Å². The molecule has 0 atom stereocenters. The lowest BCUT2D eigenvalue weighted by Gasteiger charge is -2.19. The number of aromatic nitrogens is 2. The maximum Gasteiger partial charge on any atom is 0.434 e. The van der Waals surface area contributed by atoms with E-state index >= 15 is 0 Å². The minimum atomic E-state index is -4.79. The van der Waals surface area contributed by atoms with Gasteiger partial charge in [-0.25, -0.2) is 9.97 Å². The van der Waals surface area contributed by atoms with Crippen molar-refractivity contribution >= 4 is 40.0 Å². The Balaban J connectivity index is 2.23. The predicted molar refractivity (Wildman–Crippen MR) is 117 cm³/mol. The van der Waals surface area contributed by atoms with Crippen LogP contribution in [0.2, 0.25) is 0 Å². The Morgan fingerprint density at radius 1 is 1.12 bits per heavy atom. The number of carbonyl (C=O) groups is 1. The molecule has 0 unspecified atom stereocenters. The molecule has 0 radical (unpaired) electrons. The fraction of sp³-hybridized carbons (Fsp3) is 0.273. The van der Waals surface area contributed by atoms with Crippen molar-refractivity contribution in [3.05, 3.63) is 57.0 Å². The maximum atomic E-state index is 13.7. The summed E-state index contributed by atoms with van der Waals surface area (Å²) >= 11 is 1.93. The SMILES string of the molecule is Cc1nc(C(F)(F)F)c(/C(OC(=O)C(C)(C)C)=C(/C#N)c2csc(-c3ccccc3)n2)s1. The van der Waals surface area contributed by atoms with E-state index in [1.807, 2.05) is 36.4 Å². The fourth-order valence-corrected chi connectivity index (χ4v) is 4.30. The monoisotopic (exact) mass is 477 g/mol. The highest BCUT2D eigenvalue weighted by Crippen LogP contribution is 2.42. The summed E-state index contributed by atoms with van der Waals surface area (Å²) in [6.45, 7) is 6.11. The van der Waals surface area contributed by atoms with Gasteiger partial charge in [0.15, 0.2) is 11.5 Å². The third-order valence-electron chi connectivity index (χ3n) is 4.14. The Hall–Kier alpha value is -3.03. The van der Waals surface area contributed by atoms with Crippen LogP contribution in [0.25, 0.3) is 21.9 Å². The van der Waals surface area contributed by atoms with Crippen LogP contribution in [0.15, 0.2) is 35.7 Å². The Morgan fingerprint density at radius 2 is 1.78 bits per heavy atom. The largest absolute Gasteiger partial charge is 0.434 e. The number of ether oxygens (including phenoxy) is 1. The van der Waals surface area contributed by atoms with Crippen LogP contribution in [-0.2, 0) is 15.7 Å². The van der Waals surface area contributed by atoms with Gasteiger partial charge in [0.2, 0.25) is 0 Å². The number of thiazole rings is 2. The molecule has 166 valence electrons. The minimum absolute atomic E-state index is 0.118. The first-order valence-corrected chi connectivity index (χ1v) is 11.0. The van der Waals surface area contributed by atoms with Gasteiger partial charge < -0.3 is 4.74 Å².